The van der Waals surface area contributed by atoms with Crippen LogP contribution in [-0.4, -0.2) is 15.9 Å². The molecular formula is C22H24N4O. The summed E-state index contributed by atoms with van der Waals surface area (Å²) in [6.45, 7) is 8.32. The van der Waals surface area contributed by atoms with Crippen molar-refractivity contribution < 1.29 is 4.79 Å². The third-order valence-electron chi connectivity index (χ3n) is 4.60. The monoisotopic (exact) mass is 360 g/mol. The standard InChI is InChI=1S/C22H24N4O/c1-14(2)17-8-10-19(11-9-17)25-22-23-12-18(13-24-22)21(27)26-20-7-5-6-15(3)16(20)4/h5-14H,1-4H3,(H,26,27)(H,23,24,25). The van der Waals surface area contributed by atoms with Crippen molar-refractivity contribution in [2.24, 2.45) is 0 Å². The van der Waals surface area contributed by atoms with E-state index < -0.39 is 0 Å². The highest BCUT2D eigenvalue weighted by Gasteiger charge is 2.10. The molecule has 0 fully saturated rings. The minimum absolute atomic E-state index is 0.225. The Morgan fingerprint density at radius 1 is 0.963 bits per heavy atom. The summed E-state index contributed by atoms with van der Waals surface area (Å²) in [4.78, 5) is 20.9. The van der Waals surface area contributed by atoms with Gasteiger partial charge >= 0.3 is 0 Å². The first kappa shape index (κ1) is 18.6. The third-order valence-corrected chi connectivity index (χ3v) is 4.60. The molecule has 2 N–H and O–H groups in total. The summed E-state index contributed by atoms with van der Waals surface area (Å²) >= 11 is 0. The lowest BCUT2D eigenvalue weighted by Gasteiger charge is -2.11. The maximum Gasteiger partial charge on any atom is 0.258 e. The lowest BCUT2D eigenvalue weighted by molar-refractivity contribution is 0.102. The van der Waals surface area contributed by atoms with Gasteiger partial charge in [-0.15, -0.1) is 0 Å². The number of benzene rings is 2. The Hall–Kier alpha value is -3.21. The van der Waals surface area contributed by atoms with Crippen LogP contribution in [0.4, 0.5) is 17.3 Å². The SMILES string of the molecule is Cc1cccc(NC(=O)c2cnc(Nc3ccc(C(C)C)cc3)nc2)c1C. The van der Waals surface area contributed by atoms with E-state index in [0.29, 0.717) is 17.4 Å². The van der Waals surface area contributed by atoms with Crippen molar-refractivity contribution in [3.05, 3.63) is 77.1 Å². The summed E-state index contributed by atoms with van der Waals surface area (Å²) < 4.78 is 0. The molecule has 0 spiro atoms. The van der Waals surface area contributed by atoms with Crippen LogP contribution in [0.2, 0.25) is 0 Å². The Labute approximate surface area is 159 Å². The zero-order valence-corrected chi connectivity index (χ0v) is 16.1. The van der Waals surface area contributed by atoms with Gasteiger partial charge in [0.25, 0.3) is 5.91 Å². The van der Waals surface area contributed by atoms with Crippen LogP contribution in [-0.2, 0) is 0 Å². The minimum Gasteiger partial charge on any atom is -0.324 e. The van der Waals surface area contributed by atoms with Crippen LogP contribution in [0.3, 0.4) is 0 Å². The van der Waals surface area contributed by atoms with Crippen molar-refractivity contribution in [1.82, 2.24) is 9.97 Å². The molecule has 3 aromatic rings. The molecule has 0 bridgehead atoms. The van der Waals surface area contributed by atoms with Crippen molar-refractivity contribution >= 4 is 23.2 Å². The highest BCUT2D eigenvalue weighted by Crippen LogP contribution is 2.20. The number of nitrogens with zero attached hydrogens (tertiary/aromatic N) is 2. The summed E-state index contributed by atoms with van der Waals surface area (Å²) in [5.41, 5.74) is 5.58. The zero-order chi connectivity index (χ0) is 19.4. The molecule has 2 aromatic carbocycles. The van der Waals surface area contributed by atoms with Gasteiger partial charge in [-0.05, 0) is 54.7 Å². The van der Waals surface area contributed by atoms with Gasteiger partial charge in [-0.1, -0.05) is 38.1 Å². The summed E-state index contributed by atoms with van der Waals surface area (Å²) in [7, 11) is 0. The first-order chi connectivity index (χ1) is 12.9. The molecular weight excluding hydrogens is 336 g/mol. The van der Waals surface area contributed by atoms with E-state index in [4.69, 9.17) is 0 Å². The van der Waals surface area contributed by atoms with Gasteiger partial charge in [0.2, 0.25) is 5.95 Å². The van der Waals surface area contributed by atoms with Gasteiger partial charge in [0.15, 0.2) is 0 Å². The van der Waals surface area contributed by atoms with Gasteiger partial charge in [0, 0.05) is 23.8 Å². The Balaban J connectivity index is 1.67. The summed E-state index contributed by atoms with van der Waals surface area (Å²) in [6, 6.07) is 14.0. The average Bonchev–Trinajstić information content (AvgIpc) is 2.66. The van der Waals surface area contributed by atoms with Crippen LogP contribution < -0.4 is 10.6 Å². The lowest BCUT2D eigenvalue weighted by atomic mass is 10.0. The van der Waals surface area contributed by atoms with Crippen LogP contribution in [0.15, 0.2) is 54.9 Å². The minimum atomic E-state index is -0.225. The highest BCUT2D eigenvalue weighted by molar-refractivity contribution is 6.04. The molecule has 138 valence electrons. The largest absolute Gasteiger partial charge is 0.324 e. The molecule has 0 radical (unpaired) electrons. The second-order valence-corrected chi connectivity index (χ2v) is 6.90. The van der Waals surface area contributed by atoms with Crippen molar-refractivity contribution in [3.8, 4) is 0 Å². The summed E-state index contributed by atoms with van der Waals surface area (Å²) in [5, 5.41) is 6.06. The van der Waals surface area contributed by atoms with E-state index in [-0.39, 0.29) is 5.91 Å². The zero-order valence-electron chi connectivity index (χ0n) is 16.1. The highest BCUT2D eigenvalue weighted by atomic mass is 16.1. The van der Waals surface area contributed by atoms with E-state index in [1.54, 1.807) is 0 Å². The van der Waals surface area contributed by atoms with Crippen LogP contribution in [0.25, 0.3) is 0 Å². The number of hydrogen-bond donors (Lipinski definition) is 2. The number of hydrogen-bond acceptors (Lipinski definition) is 4. The number of aromatic nitrogens is 2. The van der Waals surface area contributed by atoms with Crippen molar-refractivity contribution in [2.45, 2.75) is 33.6 Å². The molecule has 0 atom stereocenters. The number of carbonyl (C=O) groups excluding carboxylic acids is 1. The molecule has 0 unspecified atom stereocenters. The number of nitrogens with one attached hydrogen (secondary N) is 2. The first-order valence-corrected chi connectivity index (χ1v) is 9.00. The van der Waals surface area contributed by atoms with Crippen LogP contribution in [0.5, 0.6) is 0 Å². The second-order valence-electron chi connectivity index (χ2n) is 6.90. The van der Waals surface area contributed by atoms with Gasteiger partial charge in [-0.2, -0.15) is 0 Å². The predicted molar refractivity (Wildman–Crippen MR) is 110 cm³/mol. The van der Waals surface area contributed by atoms with E-state index in [9.17, 15) is 4.79 Å². The molecule has 5 nitrogen and oxygen atoms in total. The Kier molecular flexibility index (Phi) is 5.50. The van der Waals surface area contributed by atoms with Gasteiger partial charge in [0.1, 0.15) is 0 Å². The average molecular weight is 360 g/mol. The molecule has 27 heavy (non-hydrogen) atoms. The second kappa shape index (κ2) is 7.99. The number of amides is 1. The number of carbonyl (C=O) groups is 1. The van der Waals surface area contributed by atoms with E-state index in [1.165, 1.54) is 18.0 Å². The maximum atomic E-state index is 12.4. The molecule has 0 saturated heterocycles. The quantitative estimate of drug-likeness (QED) is 0.655. The smallest absolute Gasteiger partial charge is 0.258 e. The van der Waals surface area contributed by atoms with E-state index in [1.807, 2.05) is 44.2 Å². The maximum absolute atomic E-state index is 12.4. The number of aryl methyl sites for hydroxylation is 1. The van der Waals surface area contributed by atoms with Crippen LogP contribution in [0, 0.1) is 13.8 Å². The molecule has 0 aliphatic carbocycles. The fraction of sp³-hybridized carbons (Fsp3) is 0.227. The normalized spacial score (nSPS) is 10.7. The molecule has 3 rings (SSSR count). The van der Waals surface area contributed by atoms with E-state index >= 15 is 0 Å². The van der Waals surface area contributed by atoms with Crippen LogP contribution >= 0.6 is 0 Å². The molecule has 0 aliphatic rings. The Morgan fingerprint density at radius 2 is 1.63 bits per heavy atom. The molecule has 0 saturated carbocycles. The van der Waals surface area contributed by atoms with E-state index in [0.717, 1.165) is 22.5 Å². The van der Waals surface area contributed by atoms with Gasteiger partial charge in [-0.25, -0.2) is 9.97 Å². The topological polar surface area (TPSA) is 66.9 Å². The molecule has 5 heteroatoms. The predicted octanol–water partition coefficient (Wildman–Crippen LogP) is 5.21. The third kappa shape index (κ3) is 4.50. The summed E-state index contributed by atoms with van der Waals surface area (Å²) in [5.74, 6) is 0.720. The van der Waals surface area contributed by atoms with Crippen LogP contribution in [0.1, 0.15) is 46.8 Å². The fourth-order valence-electron chi connectivity index (χ4n) is 2.67. The van der Waals surface area contributed by atoms with Crippen molar-refractivity contribution in [2.75, 3.05) is 10.6 Å². The molecule has 1 heterocycles. The first-order valence-electron chi connectivity index (χ1n) is 9.00. The van der Waals surface area contributed by atoms with Crippen molar-refractivity contribution in [1.29, 1.82) is 0 Å². The molecule has 0 aliphatic heterocycles. The molecule has 1 amide bonds. The number of rotatable bonds is 5. The lowest BCUT2D eigenvalue weighted by Crippen LogP contribution is -2.14. The Morgan fingerprint density at radius 3 is 2.26 bits per heavy atom. The van der Waals surface area contributed by atoms with E-state index in [2.05, 4.69) is 46.6 Å². The van der Waals surface area contributed by atoms with Gasteiger partial charge in [0.05, 0.1) is 5.56 Å². The Bertz CT molecular complexity index is 932. The summed E-state index contributed by atoms with van der Waals surface area (Å²) in [6.07, 6.45) is 3.05. The van der Waals surface area contributed by atoms with Crippen molar-refractivity contribution in [3.63, 3.8) is 0 Å². The number of anilines is 3. The van der Waals surface area contributed by atoms with Gasteiger partial charge < -0.3 is 10.6 Å². The molecule has 1 aromatic heterocycles. The van der Waals surface area contributed by atoms with Gasteiger partial charge in [-0.3, -0.25) is 4.79 Å². The fourth-order valence-corrected chi connectivity index (χ4v) is 2.67.